The highest BCUT2D eigenvalue weighted by atomic mass is 16.7. The smallest absolute Gasteiger partial charge is 0.302 e. The van der Waals surface area contributed by atoms with Crippen molar-refractivity contribution in [3.05, 3.63) is 0 Å². The molecule has 6 nitrogen and oxygen atoms in total. The van der Waals surface area contributed by atoms with Crippen molar-refractivity contribution in [2.45, 2.75) is 38.0 Å². The molecule has 0 aromatic carbocycles. The summed E-state index contributed by atoms with van der Waals surface area (Å²) >= 11 is 0. The molecule has 6 heteroatoms. The number of amides is 1. The van der Waals surface area contributed by atoms with Gasteiger partial charge in [0.2, 0.25) is 5.91 Å². The van der Waals surface area contributed by atoms with Crippen molar-refractivity contribution in [3.63, 3.8) is 0 Å². The average molecular weight is 229 g/mol. The molecule has 0 aromatic rings. The average Bonchev–Trinajstić information content (AvgIpc) is 2.19. The molecule has 2 bridgehead atoms. The molecule has 2 saturated heterocycles. The summed E-state index contributed by atoms with van der Waals surface area (Å²) in [4.78, 5) is 27.6. The maximum atomic E-state index is 11.7. The fourth-order valence-corrected chi connectivity index (χ4v) is 2.57. The number of hydrogen-bond donors (Lipinski definition) is 1. The van der Waals surface area contributed by atoms with Crippen molar-refractivity contribution in [3.8, 4) is 0 Å². The van der Waals surface area contributed by atoms with Crippen molar-refractivity contribution in [2.24, 2.45) is 5.92 Å². The van der Waals surface area contributed by atoms with Crippen LogP contribution in [0.3, 0.4) is 0 Å². The number of piperidine rings is 2. The van der Waals surface area contributed by atoms with Gasteiger partial charge in [0, 0.05) is 12.8 Å². The van der Waals surface area contributed by atoms with Crippen LogP contribution in [-0.4, -0.2) is 47.4 Å². The summed E-state index contributed by atoms with van der Waals surface area (Å²) in [6.07, 6.45) is -0.272. The molecule has 1 N–H and O–H groups in total. The molecule has 3 aliphatic rings. The number of fused-ring (bicyclic) bond motifs is 3. The Morgan fingerprint density at radius 2 is 2.19 bits per heavy atom. The van der Waals surface area contributed by atoms with Crippen molar-refractivity contribution in [1.29, 1.82) is 0 Å². The molecular weight excluding hydrogens is 214 g/mol. The minimum atomic E-state index is -0.694. The molecule has 16 heavy (non-hydrogen) atoms. The minimum Gasteiger partial charge on any atom is -0.460 e. The summed E-state index contributed by atoms with van der Waals surface area (Å²) in [7, 11) is 1.37. The second-order valence-electron chi connectivity index (χ2n) is 4.22. The first-order valence-corrected chi connectivity index (χ1v) is 5.27. The standard InChI is InChI=1S/C10H15NO5/c1-5(12)16-8-4-6-3-7(13)9(8)11(15-2)10(6)14/h6-9,13H,3-4H2,1-2H3/t6-,7-,8-,9+/m1/s1. The molecule has 4 atom stereocenters. The van der Waals surface area contributed by atoms with Crippen LogP contribution in [0.2, 0.25) is 0 Å². The van der Waals surface area contributed by atoms with Crippen molar-refractivity contribution < 1.29 is 24.3 Å². The van der Waals surface area contributed by atoms with Crippen LogP contribution >= 0.6 is 0 Å². The van der Waals surface area contributed by atoms with Crippen LogP contribution in [0.4, 0.5) is 0 Å². The Balaban J connectivity index is 2.20. The topological polar surface area (TPSA) is 76.1 Å². The van der Waals surface area contributed by atoms with E-state index >= 15 is 0 Å². The third kappa shape index (κ3) is 1.68. The van der Waals surface area contributed by atoms with E-state index in [0.29, 0.717) is 12.8 Å². The maximum absolute atomic E-state index is 11.7. The van der Waals surface area contributed by atoms with E-state index in [1.165, 1.54) is 14.0 Å². The van der Waals surface area contributed by atoms with E-state index < -0.39 is 24.2 Å². The summed E-state index contributed by atoms with van der Waals surface area (Å²) in [5, 5.41) is 11.0. The predicted molar refractivity (Wildman–Crippen MR) is 51.9 cm³/mol. The minimum absolute atomic E-state index is 0.138. The van der Waals surface area contributed by atoms with Crippen LogP contribution in [0.5, 0.6) is 0 Å². The van der Waals surface area contributed by atoms with Gasteiger partial charge < -0.3 is 9.84 Å². The lowest BCUT2D eigenvalue weighted by Gasteiger charge is -2.49. The number of carbonyl (C=O) groups excluding carboxylic acids is 2. The van der Waals surface area contributed by atoms with E-state index in [1.54, 1.807) is 0 Å². The Kier molecular flexibility index (Phi) is 2.86. The van der Waals surface area contributed by atoms with Crippen LogP contribution in [0.25, 0.3) is 0 Å². The number of aliphatic hydroxyl groups is 1. The number of esters is 1. The van der Waals surface area contributed by atoms with Crippen LogP contribution in [-0.2, 0) is 19.2 Å². The molecule has 1 amide bonds. The molecule has 3 rings (SSSR count). The first-order valence-electron chi connectivity index (χ1n) is 5.27. The molecule has 0 unspecified atom stereocenters. The molecule has 2 aliphatic heterocycles. The van der Waals surface area contributed by atoms with Gasteiger partial charge in [0.25, 0.3) is 0 Å². The molecule has 3 fully saturated rings. The van der Waals surface area contributed by atoms with Gasteiger partial charge >= 0.3 is 5.97 Å². The number of rotatable bonds is 2. The summed E-state index contributed by atoms with van der Waals surface area (Å²) in [6.45, 7) is 1.31. The zero-order valence-electron chi connectivity index (χ0n) is 9.25. The molecule has 1 saturated carbocycles. The zero-order chi connectivity index (χ0) is 11.9. The summed E-state index contributed by atoms with van der Waals surface area (Å²) in [5.74, 6) is -0.862. The van der Waals surface area contributed by atoms with E-state index in [-0.39, 0.29) is 11.8 Å². The van der Waals surface area contributed by atoms with Gasteiger partial charge in [0.05, 0.1) is 13.2 Å². The maximum Gasteiger partial charge on any atom is 0.302 e. The van der Waals surface area contributed by atoms with Gasteiger partial charge in [-0.1, -0.05) is 0 Å². The number of nitrogens with zero attached hydrogens (tertiary/aromatic N) is 1. The molecular formula is C10H15NO5. The molecule has 0 aromatic heterocycles. The number of hydrogen-bond acceptors (Lipinski definition) is 5. The lowest BCUT2D eigenvalue weighted by molar-refractivity contribution is -0.251. The molecule has 90 valence electrons. The first kappa shape index (κ1) is 11.3. The van der Waals surface area contributed by atoms with Gasteiger partial charge in [-0.2, -0.15) is 0 Å². The SMILES string of the molecule is CON1C(=O)[C@@H]2C[C@@H](O)[C@H]1[C@H](OC(C)=O)C2. The van der Waals surface area contributed by atoms with Gasteiger partial charge in [0.15, 0.2) is 0 Å². The lowest BCUT2D eigenvalue weighted by Crippen LogP contribution is -2.65. The van der Waals surface area contributed by atoms with Gasteiger partial charge in [-0.3, -0.25) is 14.4 Å². The number of ether oxygens (including phenoxy) is 1. The van der Waals surface area contributed by atoms with Crippen molar-refractivity contribution in [1.82, 2.24) is 5.06 Å². The number of hydroxylamine groups is 2. The van der Waals surface area contributed by atoms with Crippen LogP contribution in [0, 0.1) is 5.92 Å². The Morgan fingerprint density at radius 1 is 1.50 bits per heavy atom. The highest BCUT2D eigenvalue weighted by Gasteiger charge is 2.53. The van der Waals surface area contributed by atoms with Gasteiger partial charge in [0.1, 0.15) is 12.1 Å². The predicted octanol–water partition coefficient (Wildman–Crippen LogP) is -0.539. The first-order chi connectivity index (χ1) is 7.54. The van der Waals surface area contributed by atoms with Gasteiger partial charge in [-0.25, -0.2) is 5.06 Å². The molecule has 0 radical (unpaired) electrons. The van der Waals surface area contributed by atoms with Crippen molar-refractivity contribution in [2.75, 3.05) is 7.11 Å². The Bertz CT molecular complexity index is 318. The third-order valence-corrected chi connectivity index (χ3v) is 3.17. The van der Waals surface area contributed by atoms with E-state index in [0.717, 1.165) is 5.06 Å². The fraction of sp³-hybridized carbons (Fsp3) is 0.800. The van der Waals surface area contributed by atoms with Crippen molar-refractivity contribution >= 4 is 11.9 Å². The second-order valence-corrected chi connectivity index (χ2v) is 4.22. The Labute approximate surface area is 93.1 Å². The van der Waals surface area contributed by atoms with E-state index in [4.69, 9.17) is 9.57 Å². The normalized spacial score (nSPS) is 37.7. The Hall–Kier alpha value is -1.14. The van der Waals surface area contributed by atoms with E-state index in [1.807, 2.05) is 0 Å². The molecule has 2 heterocycles. The second kappa shape index (κ2) is 4.03. The third-order valence-electron chi connectivity index (χ3n) is 3.17. The monoisotopic (exact) mass is 229 g/mol. The highest BCUT2D eigenvalue weighted by Crippen LogP contribution is 2.37. The van der Waals surface area contributed by atoms with Crippen LogP contribution in [0.15, 0.2) is 0 Å². The highest BCUT2D eigenvalue weighted by molar-refractivity contribution is 5.80. The van der Waals surface area contributed by atoms with E-state index in [9.17, 15) is 14.7 Å². The lowest BCUT2D eigenvalue weighted by atomic mass is 9.76. The molecule has 0 spiro atoms. The quantitative estimate of drug-likeness (QED) is 0.644. The van der Waals surface area contributed by atoms with Gasteiger partial charge in [-0.05, 0) is 12.8 Å². The summed E-state index contributed by atoms with van der Waals surface area (Å²) < 4.78 is 5.10. The summed E-state index contributed by atoms with van der Waals surface area (Å²) in [6, 6.07) is -0.577. The molecule has 1 aliphatic carbocycles. The largest absolute Gasteiger partial charge is 0.460 e. The van der Waals surface area contributed by atoms with E-state index in [2.05, 4.69) is 0 Å². The number of carbonyl (C=O) groups is 2. The fourth-order valence-electron chi connectivity index (χ4n) is 2.57. The van der Waals surface area contributed by atoms with Crippen LogP contribution < -0.4 is 0 Å². The Morgan fingerprint density at radius 3 is 2.75 bits per heavy atom. The summed E-state index contributed by atoms with van der Waals surface area (Å²) in [5.41, 5.74) is 0. The zero-order valence-corrected chi connectivity index (χ0v) is 9.25. The number of aliphatic hydroxyl groups excluding tert-OH is 1. The van der Waals surface area contributed by atoms with Gasteiger partial charge in [-0.15, -0.1) is 0 Å². The van der Waals surface area contributed by atoms with Crippen LogP contribution in [0.1, 0.15) is 19.8 Å².